The Morgan fingerprint density at radius 2 is 1.80 bits per heavy atom. The van der Waals surface area contributed by atoms with Gasteiger partial charge in [0.2, 0.25) is 0 Å². The maximum Gasteiger partial charge on any atom is 0.0586 e. The predicted molar refractivity (Wildman–Crippen MR) is 84.9 cm³/mol. The van der Waals surface area contributed by atoms with Crippen molar-refractivity contribution in [3.63, 3.8) is 0 Å². The van der Waals surface area contributed by atoms with Gasteiger partial charge in [-0.1, -0.05) is 20.3 Å². The van der Waals surface area contributed by atoms with Crippen LogP contribution in [0.3, 0.4) is 0 Å². The van der Waals surface area contributed by atoms with E-state index in [4.69, 9.17) is 0 Å². The second-order valence-electron chi connectivity index (χ2n) is 7.09. The van der Waals surface area contributed by atoms with Crippen LogP contribution in [-0.4, -0.2) is 48.3 Å². The van der Waals surface area contributed by atoms with E-state index in [0.717, 1.165) is 24.4 Å². The highest BCUT2D eigenvalue weighted by Crippen LogP contribution is 2.28. The first-order chi connectivity index (χ1) is 9.72. The molecule has 0 aromatic heterocycles. The van der Waals surface area contributed by atoms with Crippen LogP contribution in [0.2, 0.25) is 0 Å². The van der Waals surface area contributed by atoms with E-state index in [1.165, 1.54) is 58.0 Å². The molecule has 1 saturated carbocycles. The van der Waals surface area contributed by atoms with Gasteiger partial charge in [-0.15, -0.1) is 0 Å². The monoisotopic (exact) mass is 282 g/mol. The van der Waals surface area contributed by atoms with Crippen molar-refractivity contribution in [2.75, 3.05) is 26.2 Å². The summed E-state index contributed by atoms with van der Waals surface area (Å²) < 4.78 is 0. The number of hydrogen-bond donors (Lipinski definition) is 2. The van der Waals surface area contributed by atoms with Gasteiger partial charge in [0, 0.05) is 12.1 Å². The topological polar surface area (TPSA) is 35.5 Å². The first-order valence-corrected chi connectivity index (χ1v) is 8.80. The van der Waals surface area contributed by atoms with E-state index in [2.05, 4.69) is 24.1 Å². The molecule has 0 amide bonds. The number of nitrogens with zero attached hydrogens (tertiary/aromatic N) is 1. The summed E-state index contributed by atoms with van der Waals surface area (Å²) in [5.74, 6) is 1.69. The average molecular weight is 282 g/mol. The molecule has 0 radical (unpaired) electrons. The molecule has 118 valence electrons. The van der Waals surface area contributed by atoms with Crippen LogP contribution in [0.5, 0.6) is 0 Å². The highest BCUT2D eigenvalue weighted by atomic mass is 16.3. The molecule has 3 heteroatoms. The van der Waals surface area contributed by atoms with Crippen LogP contribution >= 0.6 is 0 Å². The molecule has 3 nitrogen and oxygen atoms in total. The highest BCUT2D eigenvalue weighted by Gasteiger charge is 2.27. The van der Waals surface area contributed by atoms with Crippen LogP contribution in [0, 0.1) is 11.8 Å². The summed E-state index contributed by atoms with van der Waals surface area (Å²) in [5, 5.41) is 13.1. The lowest BCUT2D eigenvalue weighted by atomic mass is 9.79. The molecular formula is C17H34N2O. The largest absolute Gasteiger partial charge is 0.395 e. The third kappa shape index (κ3) is 4.44. The van der Waals surface area contributed by atoms with Crippen molar-refractivity contribution < 1.29 is 5.11 Å². The Morgan fingerprint density at radius 1 is 1.05 bits per heavy atom. The summed E-state index contributed by atoms with van der Waals surface area (Å²) in [5.41, 5.74) is 0. The summed E-state index contributed by atoms with van der Waals surface area (Å²) in [6, 6.07) is 1.18. The van der Waals surface area contributed by atoms with Crippen molar-refractivity contribution >= 4 is 0 Å². The molecule has 2 aliphatic rings. The number of nitrogens with one attached hydrogen (secondary N) is 1. The van der Waals surface area contributed by atoms with Crippen LogP contribution in [-0.2, 0) is 0 Å². The van der Waals surface area contributed by atoms with Crippen molar-refractivity contribution in [2.45, 2.75) is 70.9 Å². The quantitative estimate of drug-likeness (QED) is 0.705. The van der Waals surface area contributed by atoms with Gasteiger partial charge in [-0.3, -0.25) is 4.90 Å². The third-order valence-corrected chi connectivity index (χ3v) is 5.51. The number of hydrogen-bond acceptors (Lipinski definition) is 3. The van der Waals surface area contributed by atoms with E-state index in [1.54, 1.807) is 0 Å². The lowest BCUT2D eigenvalue weighted by Gasteiger charge is -2.35. The Hall–Kier alpha value is -0.120. The molecule has 0 bridgehead atoms. The zero-order valence-electron chi connectivity index (χ0n) is 13.5. The Labute approximate surface area is 125 Å². The number of aliphatic hydroxyl groups excluding tert-OH is 1. The number of likely N-dealkylation sites (tertiary alicyclic amines) is 1. The zero-order valence-corrected chi connectivity index (χ0v) is 13.5. The molecule has 1 heterocycles. The summed E-state index contributed by atoms with van der Waals surface area (Å²) in [7, 11) is 0. The molecule has 0 spiro atoms. The summed E-state index contributed by atoms with van der Waals surface area (Å²) in [6.07, 6.45) is 9.19. The molecule has 3 unspecified atom stereocenters. The second kappa shape index (κ2) is 8.35. The van der Waals surface area contributed by atoms with Gasteiger partial charge < -0.3 is 10.4 Å². The van der Waals surface area contributed by atoms with E-state index in [0.29, 0.717) is 12.6 Å². The molecular weight excluding hydrogens is 248 g/mol. The van der Waals surface area contributed by atoms with Crippen molar-refractivity contribution in [2.24, 2.45) is 11.8 Å². The van der Waals surface area contributed by atoms with Crippen molar-refractivity contribution in [1.29, 1.82) is 0 Å². The van der Waals surface area contributed by atoms with E-state index < -0.39 is 0 Å². The summed E-state index contributed by atoms with van der Waals surface area (Å²) in [6.45, 7) is 8.68. The molecule has 1 aliphatic heterocycles. The van der Waals surface area contributed by atoms with Gasteiger partial charge in [-0.25, -0.2) is 0 Å². The minimum atomic E-state index is 0.343. The van der Waals surface area contributed by atoms with E-state index in [1.807, 2.05) is 0 Å². The maximum absolute atomic E-state index is 9.31. The predicted octanol–water partition coefficient (Wildman–Crippen LogP) is 2.64. The molecule has 3 atom stereocenters. The summed E-state index contributed by atoms with van der Waals surface area (Å²) >= 11 is 0. The Kier molecular flexibility index (Phi) is 6.79. The number of unbranched alkanes of at least 4 members (excludes halogenated alkanes) is 1. The fourth-order valence-electron chi connectivity index (χ4n) is 4.19. The molecule has 0 aromatic rings. The normalized spacial score (nSPS) is 35.5. The Balaban J connectivity index is 1.57. The second-order valence-corrected chi connectivity index (χ2v) is 7.09. The van der Waals surface area contributed by atoms with Gasteiger partial charge in [0.15, 0.2) is 0 Å². The maximum atomic E-state index is 9.31. The minimum Gasteiger partial charge on any atom is -0.395 e. The Bertz CT molecular complexity index is 262. The molecule has 0 aromatic carbocycles. The van der Waals surface area contributed by atoms with Crippen molar-refractivity contribution in [1.82, 2.24) is 10.2 Å². The SMILES string of the molecule is CC1CCCC(C)C1NCCCCN1CCCC1CO. The van der Waals surface area contributed by atoms with Gasteiger partial charge in [0.25, 0.3) is 0 Å². The average Bonchev–Trinajstić information content (AvgIpc) is 2.89. The number of aliphatic hydroxyl groups is 1. The lowest BCUT2D eigenvalue weighted by molar-refractivity contribution is 0.156. The minimum absolute atomic E-state index is 0.343. The van der Waals surface area contributed by atoms with Crippen molar-refractivity contribution in [3.05, 3.63) is 0 Å². The molecule has 2 N–H and O–H groups in total. The van der Waals surface area contributed by atoms with Crippen molar-refractivity contribution in [3.8, 4) is 0 Å². The summed E-state index contributed by atoms with van der Waals surface area (Å²) in [4.78, 5) is 2.48. The third-order valence-electron chi connectivity index (χ3n) is 5.51. The van der Waals surface area contributed by atoms with Gasteiger partial charge in [0.1, 0.15) is 0 Å². The van der Waals surface area contributed by atoms with E-state index in [9.17, 15) is 5.11 Å². The molecule has 2 fully saturated rings. The lowest BCUT2D eigenvalue weighted by Crippen LogP contribution is -2.43. The first kappa shape index (κ1) is 16.3. The highest BCUT2D eigenvalue weighted by molar-refractivity contribution is 4.83. The smallest absolute Gasteiger partial charge is 0.0586 e. The van der Waals surface area contributed by atoms with Gasteiger partial charge in [-0.2, -0.15) is 0 Å². The van der Waals surface area contributed by atoms with Crippen LogP contribution in [0.25, 0.3) is 0 Å². The Morgan fingerprint density at radius 3 is 2.50 bits per heavy atom. The first-order valence-electron chi connectivity index (χ1n) is 8.80. The number of rotatable bonds is 7. The van der Waals surface area contributed by atoms with Crippen LogP contribution in [0.15, 0.2) is 0 Å². The standard InChI is InChI=1S/C17H34N2O/c1-14-7-5-8-15(2)17(14)18-10-3-4-11-19-12-6-9-16(19)13-20/h14-18,20H,3-13H2,1-2H3. The molecule has 20 heavy (non-hydrogen) atoms. The van der Waals surface area contributed by atoms with Gasteiger partial charge in [-0.05, 0) is 70.0 Å². The van der Waals surface area contributed by atoms with Crippen LogP contribution < -0.4 is 5.32 Å². The van der Waals surface area contributed by atoms with E-state index >= 15 is 0 Å². The van der Waals surface area contributed by atoms with Gasteiger partial charge >= 0.3 is 0 Å². The zero-order chi connectivity index (χ0) is 14.4. The van der Waals surface area contributed by atoms with Crippen LogP contribution in [0.1, 0.15) is 58.8 Å². The molecule has 2 rings (SSSR count). The van der Waals surface area contributed by atoms with Gasteiger partial charge in [0.05, 0.1) is 6.61 Å². The molecule has 1 saturated heterocycles. The van der Waals surface area contributed by atoms with Crippen LogP contribution in [0.4, 0.5) is 0 Å². The van der Waals surface area contributed by atoms with E-state index in [-0.39, 0.29) is 0 Å². The molecule has 1 aliphatic carbocycles. The fourth-order valence-corrected chi connectivity index (χ4v) is 4.19. The fraction of sp³-hybridized carbons (Fsp3) is 1.00.